The summed E-state index contributed by atoms with van der Waals surface area (Å²) in [6, 6.07) is 6.46. The third-order valence-corrected chi connectivity index (χ3v) is 3.71. The van der Waals surface area contributed by atoms with Crippen LogP contribution in [0.2, 0.25) is 0 Å². The van der Waals surface area contributed by atoms with Crippen molar-refractivity contribution in [2.75, 3.05) is 26.6 Å². The fourth-order valence-corrected chi connectivity index (χ4v) is 2.41. The van der Waals surface area contributed by atoms with Gasteiger partial charge in [0.05, 0.1) is 27.0 Å². The number of nitrogens with one attached hydrogen (secondary N) is 1. The van der Waals surface area contributed by atoms with Crippen LogP contribution >= 0.6 is 0 Å². The van der Waals surface area contributed by atoms with E-state index in [1.54, 1.807) is 30.5 Å². The third-order valence-electron chi connectivity index (χ3n) is 3.71. The van der Waals surface area contributed by atoms with Crippen LogP contribution in [0.15, 0.2) is 41.3 Å². The highest BCUT2D eigenvalue weighted by Crippen LogP contribution is 2.38. The summed E-state index contributed by atoms with van der Waals surface area (Å²) in [5.41, 5.74) is 1.15. The molecule has 0 aliphatic heterocycles. The number of aromatic nitrogens is 1. The molecule has 0 radical (unpaired) electrons. The lowest BCUT2D eigenvalue weighted by atomic mass is 10.1. The molecule has 1 aromatic heterocycles. The molecule has 7 heteroatoms. The molecule has 0 fully saturated rings. The average molecular weight is 358 g/mol. The van der Waals surface area contributed by atoms with Crippen molar-refractivity contribution in [3.05, 3.63) is 52.5 Å². The zero-order valence-electron chi connectivity index (χ0n) is 15.2. The van der Waals surface area contributed by atoms with Crippen LogP contribution in [-0.2, 0) is 11.3 Å². The molecule has 1 heterocycles. The Labute approximate surface area is 151 Å². The van der Waals surface area contributed by atoms with Crippen LogP contribution in [0.25, 0.3) is 6.08 Å². The lowest BCUT2D eigenvalue weighted by Crippen LogP contribution is -2.19. The highest BCUT2D eigenvalue weighted by Gasteiger charge is 2.12. The van der Waals surface area contributed by atoms with Gasteiger partial charge < -0.3 is 24.1 Å². The first-order chi connectivity index (χ1) is 12.5. The Morgan fingerprint density at radius 3 is 2.31 bits per heavy atom. The molecular weight excluding hydrogens is 336 g/mol. The molecule has 0 atom stereocenters. The summed E-state index contributed by atoms with van der Waals surface area (Å²) in [5, 5.41) is 2.72. The van der Waals surface area contributed by atoms with Crippen molar-refractivity contribution in [2.24, 2.45) is 0 Å². The number of benzene rings is 1. The van der Waals surface area contributed by atoms with Crippen LogP contribution in [0.1, 0.15) is 12.5 Å². The Bertz CT molecular complexity index is 845. The van der Waals surface area contributed by atoms with Gasteiger partial charge in [0.15, 0.2) is 11.5 Å². The van der Waals surface area contributed by atoms with Gasteiger partial charge in [0, 0.05) is 24.9 Å². The molecule has 0 aliphatic carbocycles. The molecule has 2 aromatic rings. The molecule has 7 nitrogen and oxygen atoms in total. The molecule has 0 spiro atoms. The van der Waals surface area contributed by atoms with Gasteiger partial charge in [-0.3, -0.25) is 9.59 Å². The van der Waals surface area contributed by atoms with E-state index < -0.39 is 0 Å². The van der Waals surface area contributed by atoms with Crippen LogP contribution in [0.5, 0.6) is 17.2 Å². The second kappa shape index (κ2) is 8.75. The quantitative estimate of drug-likeness (QED) is 0.770. The Kier molecular flexibility index (Phi) is 6.43. The minimum Gasteiger partial charge on any atom is -0.493 e. The van der Waals surface area contributed by atoms with E-state index in [4.69, 9.17) is 14.2 Å². The van der Waals surface area contributed by atoms with E-state index in [1.807, 2.05) is 6.92 Å². The number of ether oxygens (including phenoxy) is 3. The zero-order valence-corrected chi connectivity index (χ0v) is 15.2. The van der Waals surface area contributed by atoms with Crippen LogP contribution in [0.3, 0.4) is 0 Å². The van der Waals surface area contributed by atoms with Crippen molar-refractivity contribution in [2.45, 2.75) is 13.5 Å². The van der Waals surface area contributed by atoms with E-state index in [-0.39, 0.29) is 11.5 Å². The summed E-state index contributed by atoms with van der Waals surface area (Å²) in [6.07, 6.45) is 4.63. The smallest absolute Gasteiger partial charge is 0.250 e. The number of methoxy groups -OCH3 is 3. The maximum Gasteiger partial charge on any atom is 0.250 e. The van der Waals surface area contributed by atoms with E-state index in [1.165, 1.54) is 38.0 Å². The molecule has 26 heavy (non-hydrogen) atoms. The fourth-order valence-electron chi connectivity index (χ4n) is 2.41. The molecule has 138 valence electrons. The first kappa shape index (κ1) is 19.1. The van der Waals surface area contributed by atoms with Crippen molar-refractivity contribution in [1.29, 1.82) is 0 Å². The van der Waals surface area contributed by atoms with Gasteiger partial charge in [-0.2, -0.15) is 0 Å². The molecule has 1 aromatic carbocycles. The Morgan fingerprint density at radius 1 is 1.12 bits per heavy atom. The number of pyridine rings is 1. The van der Waals surface area contributed by atoms with Crippen molar-refractivity contribution in [3.63, 3.8) is 0 Å². The second-order valence-corrected chi connectivity index (χ2v) is 5.32. The predicted octanol–water partition coefficient (Wildman–Crippen LogP) is 2.55. The summed E-state index contributed by atoms with van der Waals surface area (Å²) in [4.78, 5) is 23.7. The number of aryl methyl sites for hydroxylation is 1. The molecule has 0 aliphatic rings. The SMILES string of the molecule is CCn1cc(NC(=O)/C=C\c2cc(OC)c(OC)c(OC)c2)ccc1=O. The number of hydrogen-bond donors (Lipinski definition) is 1. The van der Waals surface area contributed by atoms with Crippen LogP contribution in [0, 0.1) is 0 Å². The van der Waals surface area contributed by atoms with Crippen LogP contribution < -0.4 is 25.1 Å². The molecular formula is C19H22N2O5. The highest BCUT2D eigenvalue weighted by molar-refractivity contribution is 6.01. The van der Waals surface area contributed by atoms with Gasteiger partial charge in [-0.15, -0.1) is 0 Å². The van der Waals surface area contributed by atoms with Crippen molar-refractivity contribution < 1.29 is 19.0 Å². The minimum absolute atomic E-state index is 0.113. The Morgan fingerprint density at radius 2 is 1.77 bits per heavy atom. The Balaban J connectivity index is 2.18. The topological polar surface area (TPSA) is 78.8 Å². The van der Waals surface area contributed by atoms with Gasteiger partial charge in [-0.1, -0.05) is 0 Å². The average Bonchev–Trinajstić information content (AvgIpc) is 2.66. The molecule has 0 unspecified atom stereocenters. The molecule has 0 saturated heterocycles. The Hall–Kier alpha value is -3.22. The van der Waals surface area contributed by atoms with Crippen molar-refractivity contribution >= 4 is 17.7 Å². The summed E-state index contributed by atoms with van der Waals surface area (Å²) in [5.74, 6) is 1.17. The molecule has 0 saturated carbocycles. The van der Waals surface area contributed by atoms with Gasteiger partial charge in [-0.05, 0) is 36.8 Å². The molecule has 1 amide bonds. The van der Waals surface area contributed by atoms with E-state index in [0.29, 0.717) is 35.0 Å². The maximum atomic E-state index is 12.1. The lowest BCUT2D eigenvalue weighted by molar-refractivity contribution is -0.111. The monoisotopic (exact) mass is 358 g/mol. The number of anilines is 1. The lowest BCUT2D eigenvalue weighted by Gasteiger charge is -2.12. The van der Waals surface area contributed by atoms with E-state index in [2.05, 4.69) is 5.32 Å². The standard InChI is InChI=1S/C19H22N2O5/c1-5-21-12-14(7-9-18(21)23)20-17(22)8-6-13-10-15(24-2)19(26-4)16(11-13)25-3/h6-12H,5H2,1-4H3,(H,20,22)/b8-6-. The highest BCUT2D eigenvalue weighted by atomic mass is 16.5. The first-order valence-electron chi connectivity index (χ1n) is 8.02. The van der Waals surface area contributed by atoms with E-state index in [9.17, 15) is 9.59 Å². The van der Waals surface area contributed by atoms with Crippen LogP contribution in [-0.4, -0.2) is 31.8 Å². The number of amides is 1. The van der Waals surface area contributed by atoms with E-state index >= 15 is 0 Å². The maximum absolute atomic E-state index is 12.1. The number of hydrogen-bond acceptors (Lipinski definition) is 5. The third kappa shape index (κ3) is 4.44. The van der Waals surface area contributed by atoms with Crippen molar-refractivity contribution in [3.8, 4) is 17.2 Å². The summed E-state index contributed by atoms with van der Waals surface area (Å²) >= 11 is 0. The largest absolute Gasteiger partial charge is 0.493 e. The van der Waals surface area contributed by atoms with Gasteiger partial charge >= 0.3 is 0 Å². The molecule has 2 rings (SSSR count). The van der Waals surface area contributed by atoms with Crippen LogP contribution in [0.4, 0.5) is 5.69 Å². The number of carbonyl (C=O) groups is 1. The predicted molar refractivity (Wildman–Crippen MR) is 100 cm³/mol. The number of carbonyl (C=O) groups excluding carboxylic acids is 1. The molecule has 0 bridgehead atoms. The van der Waals surface area contributed by atoms with Gasteiger partial charge in [0.1, 0.15) is 0 Å². The zero-order chi connectivity index (χ0) is 19.1. The molecule has 1 N–H and O–H groups in total. The first-order valence-corrected chi connectivity index (χ1v) is 8.02. The summed E-state index contributed by atoms with van der Waals surface area (Å²) < 4.78 is 17.4. The number of nitrogens with zero attached hydrogens (tertiary/aromatic N) is 1. The van der Waals surface area contributed by atoms with E-state index in [0.717, 1.165) is 0 Å². The second-order valence-electron chi connectivity index (χ2n) is 5.32. The van der Waals surface area contributed by atoms with Gasteiger partial charge in [-0.25, -0.2) is 0 Å². The number of rotatable bonds is 7. The van der Waals surface area contributed by atoms with Gasteiger partial charge in [0.2, 0.25) is 11.7 Å². The minimum atomic E-state index is -0.319. The van der Waals surface area contributed by atoms with Crippen molar-refractivity contribution in [1.82, 2.24) is 4.57 Å². The summed E-state index contributed by atoms with van der Waals surface area (Å²) in [6.45, 7) is 2.39. The van der Waals surface area contributed by atoms with Gasteiger partial charge in [0.25, 0.3) is 5.56 Å². The normalized spacial score (nSPS) is 10.6. The summed E-state index contributed by atoms with van der Waals surface area (Å²) in [7, 11) is 4.58. The fraction of sp³-hybridized carbons (Fsp3) is 0.263.